The molecule has 1 aromatic rings. The van der Waals surface area contributed by atoms with Crippen LogP contribution in [0.3, 0.4) is 0 Å². The topological polar surface area (TPSA) is 86.7 Å². The maximum Gasteiger partial charge on any atom is 0.334 e. The van der Waals surface area contributed by atoms with Crippen LogP contribution < -0.4 is 5.32 Å². The molecule has 0 radical (unpaired) electrons. The molecule has 2 N–H and O–H groups in total. The fourth-order valence-corrected chi connectivity index (χ4v) is 3.45. The van der Waals surface area contributed by atoms with Crippen LogP contribution in [0.15, 0.2) is 24.3 Å². The molecule has 2 amide bonds. The standard InChI is InChI=1S/C15H17ClN2O4S/c1-2-15(14(21)22,10-3-5-11(16)6-4-10)17-12(19)7-18-9-23-8-13(18)20/h3-6H,2,7-9H2,1H3,(H,17,19)(H,21,22). The first-order valence-electron chi connectivity index (χ1n) is 7.05. The van der Waals surface area contributed by atoms with Crippen molar-refractivity contribution in [2.24, 2.45) is 0 Å². The summed E-state index contributed by atoms with van der Waals surface area (Å²) in [5, 5.41) is 12.7. The minimum atomic E-state index is -1.54. The lowest BCUT2D eigenvalue weighted by molar-refractivity contribution is -0.148. The van der Waals surface area contributed by atoms with Crippen molar-refractivity contribution < 1.29 is 19.5 Å². The molecule has 1 aliphatic heterocycles. The highest BCUT2D eigenvalue weighted by molar-refractivity contribution is 8.00. The van der Waals surface area contributed by atoms with E-state index in [1.165, 1.54) is 16.7 Å². The monoisotopic (exact) mass is 356 g/mol. The first kappa shape index (κ1) is 17.6. The molecular formula is C15H17ClN2O4S. The van der Waals surface area contributed by atoms with E-state index in [1.807, 2.05) is 0 Å². The summed E-state index contributed by atoms with van der Waals surface area (Å²) >= 11 is 7.26. The quantitative estimate of drug-likeness (QED) is 0.809. The fraction of sp³-hybridized carbons (Fsp3) is 0.400. The zero-order valence-electron chi connectivity index (χ0n) is 12.5. The van der Waals surface area contributed by atoms with E-state index in [2.05, 4.69) is 5.32 Å². The number of benzene rings is 1. The molecular weight excluding hydrogens is 340 g/mol. The zero-order chi connectivity index (χ0) is 17.0. The number of amides is 2. The number of nitrogens with zero attached hydrogens (tertiary/aromatic N) is 1. The predicted molar refractivity (Wildman–Crippen MR) is 88.2 cm³/mol. The molecule has 1 heterocycles. The van der Waals surface area contributed by atoms with Crippen LogP contribution in [-0.4, -0.2) is 46.0 Å². The molecule has 2 rings (SSSR count). The Bertz CT molecular complexity index is 622. The number of carboxylic acids is 1. The number of hydrogen-bond donors (Lipinski definition) is 2. The van der Waals surface area contributed by atoms with Crippen molar-refractivity contribution in [2.45, 2.75) is 18.9 Å². The van der Waals surface area contributed by atoms with Crippen LogP contribution in [0.2, 0.25) is 5.02 Å². The molecule has 1 aliphatic rings. The lowest BCUT2D eigenvalue weighted by atomic mass is 9.87. The number of nitrogens with one attached hydrogen (secondary N) is 1. The Morgan fingerprint density at radius 3 is 2.52 bits per heavy atom. The molecule has 124 valence electrons. The van der Waals surface area contributed by atoms with Crippen LogP contribution in [0.4, 0.5) is 0 Å². The Hall–Kier alpha value is -1.73. The summed E-state index contributed by atoms with van der Waals surface area (Å²) < 4.78 is 0. The van der Waals surface area contributed by atoms with Crippen molar-refractivity contribution in [3.05, 3.63) is 34.9 Å². The van der Waals surface area contributed by atoms with Crippen LogP contribution in [-0.2, 0) is 19.9 Å². The molecule has 1 saturated heterocycles. The highest BCUT2D eigenvalue weighted by Crippen LogP contribution is 2.27. The number of carbonyl (C=O) groups is 3. The van der Waals surface area contributed by atoms with Crippen molar-refractivity contribution in [1.29, 1.82) is 0 Å². The Kier molecular flexibility index (Phi) is 5.54. The van der Waals surface area contributed by atoms with Gasteiger partial charge in [0.2, 0.25) is 11.8 Å². The second-order valence-corrected chi connectivity index (χ2v) is 6.58. The molecule has 8 heteroatoms. The molecule has 0 spiro atoms. The van der Waals surface area contributed by atoms with Gasteiger partial charge < -0.3 is 15.3 Å². The average Bonchev–Trinajstić information content (AvgIpc) is 2.90. The molecule has 1 fully saturated rings. The Morgan fingerprint density at radius 2 is 2.04 bits per heavy atom. The summed E-state index contributed by atoms with van der Waals surface area (Å²) in [6.45, 7) is 1.54. The van der Waals surface area contributed by atoms with E-state index in [1.54, 1.807) is 31.2 Å². The van der Waals surface area contributed by atoms with Crippen molar-refractivity contribution in [3.63, 3.8) is 0 Å². The summed E-state index contributed by atoms with van der Waals surface area (Å²) in [5.41, 5.74) is -1.11. The Labute approximate surface area is 143 Å². The van der Waals surface area contributed by atoms with Gasteiger partial charge in [0.25, 0.3) is 0 Å². The van der Waals surface area contributed by atoms with E-state index in [4.69, 9.17) is 11.6 Å². The first-order valence-corrected chi connectivity index (χ1v) is 8.58. The zero-order valence-corrected chi connectivity index (χ0v) is 14.1. The van der Waals surface area contributed by atoms with Crippen LogP contribution >= 0.6 is 23.4 Å². The van der Waals surface area contributed by atoms with Gasteiger partial charge in [-0.05, 0) is 24.1 Å². The molecule has 6 nitrogen and oxygen atoms in total. The maximum absolute atomic E-state index is 12.3. The highest BCUT2D eigenvalue weighted by atomic mass is 35.5. The lowest BCUT2D eigenvalue weighted by Gasteiger charge is -2.30. The van der Waals surface area contributed by atoms with Gasteiger partial charge in [0, 0.05) is 5.02 Å². The first-order chi connectivity index (χ1) is 10.9. The van der Waals surface area contributed by atoms with Gasteiger partial charge in [0.1, 0.15) is 6.54 Å². The SMILES string of the molecule is CCC(NC(=O)CN1CSCC1=O)(C(=O)O)c1ccc(Cl)cc1. The smallest absolute Gasteiger partial charge is 0.334 e. The molecule has 0 aromatic heterocycles. The lowest BCUT2D eigenvalue weighted by Crippen LogP contribution is -2.54. The van der Waals surface area contributed by atoms with Gasteiger partial charge in [0.15, 0.2) is 5.54 Å². The third-order valence-electron chi connectivity index (χ3n) is 3.75. The third-order valence-corrected chi connectivity index (χ3v) is 4.94. The number of thioether (sulfide) groups is 1. The van der Waals surface area contributed by atoms with Gasteiger partial charge in [-0.25, -0.2) is 4.79 Å². The minimum Gasteiger partial charge on any atom is -0.479 e. The van der Waals surface area contributed by atoms with Gasteiger partial charge in [-0.2, -0.15) is 0 Å². The van der Waals surface area contributed by atoms with Crippen LogP contribution in [0.25, 0.3) is 0 Å². The van der Waals surface area contributed by atoms with Gasteiger partial charge in [-0.3, -0.25) is 9.59 Å². The van der Waals surface area contributed by atoms with Gasteiger partial charge in [-0.15, -0.1) is 11.8 Å². The number of carbonyl (C=O) groups excluding carboxylic acids is 2. The molecule has 1 atom stereocenters. The summed E-state index contributed by atoms with van der Waals surface area (Å²) in [6, 6.07) is 6.32. The van der Waals surface area contributed by atoms with Gasteiger partial charge in [0.05, 0.1) is 11.6 Å². The number of aliphatic carboxylic acids is 1. The number of hydrogen-bond acceptors (Lipinski definition) is 4. The Balaban J connectivity index is 2.21. The van der Waals surface area contributed by atoms with Crippen molar-refractivity contribution in [2.75, 3.05) is 18.2 Å². The molecule has 0 aliphatic carbocycles. The van der Waals surface area contributed by atoms with Crippen molar-refractivity contribution in [3.8, 4) is 0 Å². The van der Waals surface area contributed by atoms with E-state index >= 15 is 0 Å². The number of halogens is 1. The third kappa shape index (κ3) is 3.79. The molecule has 1 aromatic carbocycles. The highest BCUT2D eigenvalue weighted by Gasteiger charge is 2.40. The molecule has 0 saturated carbocycles. The van der Waals surface area contributed by atoms with Gasteiger partial charge in [-0.1, -0.05) is 30.7 Å². The summed E-state index contributed by atoms with van der Waals surface area (Å²) in [6.07, 6.45) is 0.165. The maximum atomic E-state index is 12.3. The van der Waals surface area contributed by atoms with Crippen LogP contribution in [0, 0.1) is 0 Å². The fourth-order valence-electron chi connectivity index (χ4n) is 2.42. The second-order valence-electron chi connectivity index (χ2n) is 5.19. The van der Waals surface area contributed by atoms with Crippen molar-refractivity contribution >= 4 is 41.1 Å². The Morgan fingerprint density at radius 1 is 1.39 bits per heavy atom. The number of carboxylic acid groups (broad SMARTS) is 1. The summed E-state index contributed by atoms with van der Waals surface area (Å²) in [4.78, 5) is 37.1. The van der Waals surface area contributed by atoms with E-state index < -0.39 is 17.4 Å². The largest absolute Gasteiger partial charge is 0.479 e. The summed E-state index contributed by atoms with van der Waals surface area (Å²) in [5.74, 6) is -0.978. The van der Waals surface area contributed by atoms with Crippen molar-refractivity contribution in [1.82, 2.24) is 10.2 Å². The van der Waals surface area contributed by atoms with Crippen LogP contribution in [0.1, 0.15) is 18.9 Å². The van der Waals surface area contributed by atoms with Gasteiger partial charge >= 0.3 is 5.97 Å². The molecule has 1 unspecified atom stereocenters. The van der Waals surface area contributed by atoms with E-state index in [0.717, 1.165) is 0 Å². The summed E-state index contributed by atoms with van der Waals surface area (Å²) in [7, 11) is 0. The van der Waals surface area contributed by atoms with E-state index in [9.17, 15) is 19.5 Å². The second kappa shape index (κ2) is 7.23. The predicted octanol–water partition coefficient (Wildman–Crippen LogP) is 1.68. The normalized spacial score (nSPS) is 17.0. The minimum absolute atomic E-state index is 0.117. The van der Waals surface area contributed by atoms with E-state index in [-0.39, 0.29) is 18.9 Å². The van der Waals surface area contributed by atoms with Crippen LogP contribution in [0.5, 0.6) is 0 Å². The van der Waals surface area contributed by atoms with E-state index in [0.29, 0.717) is 22.2 Å². The number of rotatable bonds is 6. The molecule has 23 heavy (non-hydrogen) atoms. The average molecular weight is 357 g/mol. The molecule has 0 bridgehead atoms.